The van der Waals surface area contributed by atoms with Crippen molar-refractivity contribution in [3.8, 4) is 0 Å². The number of aromatic nitrogens is 1. The number of hydrogen-bond donors (Lipinski definition) is 3. The minimum Gasteiger partial charge on any atom is -0.479 e. The highest BCUT2D eigenvalue weighted by molar-refractivity contribution is 8.14. The number of hydrogen-bond acceptors (Lipinski definition) is 7. The predicted molar refractivity (Wildman–Crippen MR) is 97.1 cm³/mol. The zero-order valence-electron chi connectivity index (χ0n) is 13.3. The number of nitrogens with zero attached hydrogens (tertiary/aromatic N) is 1. The number of amides is 2. The van der Waals surface area contributed by atoms with Crippen LogP contribution < -0.4 is 10.6 Å². The topological polar surface area (TPSA) is 121 Å². The summed E-state index contributed by atoms with van der Waals surface area (Å²) < 4.78 is 4.84. The first-order valence-corrected chi connectivity index (χ1v) is 9.43. The Morgan fingerprint density at radius 2 is 2.04 bits per heavy atom. The summed E-state index contributed by atoms with van der Waals surface area (Å²) in [4.78, 5) is 39.4. The Morgan fingerprint density at radius 3 is 2.65 bits per heavy atom. The van der Waals surface area contributed by atoms with Crippen molar-refractivity contribution in [1.82, 2.24) is 10.3 Å². The summed E-state index contributed by atoms with van der Waals surface area (Å²) in [7, 11) is 0. The first-order chi connectivity index (χ1) is 12.5. The van der Waals surface area contributed by atoms with Crippen molar-refractivity contribution >= 4 is 45.9 Å². The highest BCUT2D eigenvalue weighted by atomic mass is 32.2. The van der Waals surface area contributed by atoms with E-state index in [4.69, 9.17) is 9.84 Å². The number of rotatable bonds is 7. The number of thioether (sulfide) groups is 1. The Hall–Kier alpha value is -2.43. The molecule has 10 heteroatoms. The van der Waals surface area contributed by atoms with E-state index in [1.54, 1.807) is 29.8 Å². The van der Waals surface area contributed by atoms with Gasteiger partial charge in [0.15, 0.2) is 12.2 Å². The average Bonchev–Trinajstić information content (AvgIpc) is 3.26. The standard InChI is InChI=1S/C16H15N3O5S2/c20-14(12-13(24-12)15(21)22)19-11(6-10-7-25-8-17-10)26-16(23)18-9-4-2-1-3-5-9/h1-5,7-8,11-13H,6H2,(H,18,23)(H,19,20)(H,21,22)/t11?,12-,13-/m0/s1. The third-order valence-electron chi connectivity index (χ3n) is 3.44. The number of epoxide rings is 1. The lowest BCUT2D eigenvalue weighted by molar-refractivity contribution is -0.138. The van der Waals surface area contributed by atoms with Crippen LogP contribution in [0.4, 0.5) is 10.5 Å². The first kappa shape index (κ1) is 18.4. The van der Waals surface area contributed by atoms with Crippen molar-refractivity contribution in [3.05, 3.63) is 46.9 Å². The lowest BCUT2D eigenvalue weighted by Gasteiger charge is -2.16. The Kier molecular flexibility index (Phi) is 5.86. The monoisotopic (exact) mass is 393 g/mol. The zero-order chi connectivity index (χ0) is 18.5. The van der Waals surface area contributed by atoms with Crippen LogP contribution in [0.1, 0.15) is 5.69 Å². The van der Waals surface area contributed by atoms with Gasteiger partial charge in [0.2, 0.25) is 0 Å². The number of anilines is 1. The van der Waals surface area contributed by atoms with Crippen molar-refractivity contribution in [2.24, 2.45) is 0 Å². The van der Waals surface area contributed by atoms with Crippen LogP contribution in [0.3, 0.4) is 0 Å². The van der Waals surface area contributed by atoms with Crippen LogP contribution in [0, 0.1) is 0 Å². The fourth-order valence-corrected chi connectivity index (χ4v) is 3.62. The van der Waals surface area contributed by atoms with Crippen molar-refractivity contribution in [2.45, 2.75) is 24.0 Å². The van der Waals surface area contributed by atoms with E-state index in [-0.39, 0.29) is 5.24 Å². The van der Waals surface area contributed by atoms with E-state index in [0.29, 0.717) is 12.1 Å². The van der Waals surface area contributed by atoms with E-state index in [2.05, 4.69) is 15.6 Å². The average molecular weight is 393 g/mol. The van der Waals surface area contributed by atoms with Gasteiger partial charge in [-0.05, 0) is 23.9 Å². The number of thiazole rings is 1. The molecule has 2 aromatic rings. The molecule has 136 valence electrons. The van der Waals surface area contributed by atoms with Crippen LogP contribution in [0.5, 0.6) is 0 Å². The van der Waals surface area contributed by atoms with Crippen LogP contribution in [-0.4, -0.2) is 44.8 Å². The van der Waals surface area contributed by atoms with Gasteiger partial charge in [-0.3, -0.25) is 9.59 Å². The lowest BCUT2D eigenvalue weighted by atomic mass is 10.3. The van der Waals surface area contributed by atoms with Crippen LogP contribution in [-0.2, 0) is 20.7 Å². The molecule has 1 saturated heterocycles. The number of carboxylic acids is 1. The lowest BCUT2D eigenvalue weighted by Crippen LogP contribution is -2.39. The van der Waals surface area contributed by atoms with Crippen molar-refractivity contribution in [3.63, 3.8) is 0 Å². The molecule has 2 amide bonds. The molecular weight excluding hydrogens is 378 g/mol. The highest BCUT2D eigenvalue weighted by Crippen LogP contribution is 2.24. The van der Waals surface area contributed by atoms with E-state index in [1.165, 1.54) is 11.3 Å². The number of carboxylic acid groups (broad SMARTS) is 1. The number of para-hydroxylation sites is 1. The molecule has 0 aliphatic carbocycles. The summed E-state index contributed by atoms with van der Waals surface area (Å²) in [6, 6.07) is 8.93. The fraction of sp³-hybridized carbons (Fsp3) is 0.250. The van der Waals surface area contributed by atoms with E-state index in [1.807, 2.05) is 11.4 Å². The number of carbonyl (C=O) groups is 3. The Morgan fingerprint density at radius 1 is 1.27 bits per heavy atom. The SMILES string of the molecule is O=C(Nc1ccccc1)SC(Cc1cscn1)NC(=O)[C@H]1O[C@@H]1C(=O)O. The molecule has 26 heavy (non-hydrogen) atoms. The molecular formula is C16H15N3O5S2. The Labute approximate surface area is 157 Å². The van der Waals surface area contributed by atoms with Gasteiger partial charge in [-0.2, -0.15) is 0 Å². The minimum atomic E-state index is -1.18. The van der Waals surface area contributed by atoms with Gasteiger partial charge in [-0.25, -0.2) is 9.78 Å². The highest BCUT2D eigenvalue weighted by Gasteiger charge is 2.51. The number of nitrogens with one attached hydrogen (secondary N) is 2. The van der Waals surface area contributed by atoms with Crippen LogP contribution in [0.2, 0.25) is 0 Å². The Balaban J connectivity index is 1.60. The molecule has 1 aromatic carbocycles. The third-order valence-corrected chi connectivity index (χ3v) is 4.96. The van der Waals surface area contributed by atoms with Gasteiger partial charge in [-0.1, -0.05) is 18.2 Å². The van der Waals surface area contributed by atoms with Crippen LogP contribution >= 0.6 is 23.1 Å². The number of aliphatic carboxylic acids is 1. The summed E-state index contributed by atoms with van der Waals surface area (Å²) in [6.07, 6.45) is -1.83. The first-order valence-electron chi connectivity index (χ1n) is 7.61. The van der Waals surface area contributed by atoms with E-state index in [0.717, 1.165) is 17.5 Å². The van der Waals surface area contributed by atoms with Gasteiger partial charge in [0.1, 0.15) is 0 Å². The van der Waals surface area contributed by atoms with Gasteiger partial charge in [0.05, 0.1) is 16.6 Å². The second-order valence-corrected chi connectivity index (χ2v) is 7.29. The van der Waals surface area contributed by atoms with Gasteiger partial charge < -0.3 is 20.5 Å². The quantitative estimate of drug-likeness (QED) is 0.485. The molecule has 0 bridgehead atoms. The summed E-state index contributed by atoms with van der Waals surface area (Å²) >= 11 is 2.31. The molecule has 0 radical (unpaired) electrons. The fourth-order valence-electron chi connectivity index (χ4n) is 2.19. The smallest absolute Gasteiger partial charge is 0.336 e. The van der Waals surface area contributed by atoms with E-state index < -0.39 is 29.5 Å². The summed E-state index contributed by atoms with van der Waals surface area (Å²) in [5.74, 6) is -1.74. The number of carbonyl (C=O) groups excluding carboxylic acids is 2. The molecule has 1 aliphatic heterocycles. The molecule has 0 spiro atoms. The molecule has 2 heterocycles. The zero-order valence-corrected chi connectivity index (χ0v) is 15.0. The van der Waals surface area contributed by atoms with Gasteiger partial charge in [-0.15, -0.1) is 11.3 Å². The van der Waals surface area contributed by atoms with Crippen molar-refractivity contribution in [1.29, 1.82) is 0 Å². The molecule has 1 aliphatic rings. The van der Waals surface area contributed by atoms with Crippen molar-refractivity contribution in [2.75, 3.05) is 5.32 Å². The molecule has 3 atom stereocenters. The van der Waals surface area contributed by atoms with E-state index >= 15 is 0 Å². The minimum absolute atomic E-state index is 0.326. The molecule has 3 N–H and O–H groups in total. The number of ether oxygens (including phenoxy) is 1. The Bertz CT molecular complexity index is 784. The largest absolute Gasteiger partial charge is 0.479 e. The van der Waals surface area contributed by atoms with Crippen LogP contribution in [0.25, 0.3) is 0 Å². The van der Waals surface area contributed by atoms with E-state index in [9.17, 15) is 14.4 Å². The summed E-state index contributed by atoms with van der Waals surface area (Å²) in [5.41, 5.74) is 3.03. The molecule has 8 nitrogen and oxygen atoms in total. The second-order valence-electron chi connectivity index (χ2n) is 5.39. The molecule has 3 rings (SSSR count). The summed E-state index contributed by atoms with van der Waals surface area (Å²) in [6.45, 7) is 0. The molecule has 1 aromatic heterocycles. The van der Waals surface area contributed by atoms with Gasteiger partial charge >= 0.3 is 5.97 Å². The van der Waals surface area contributed by atoms with Crippen LogP contribution in [0.15, 0.2) is 41.2 Å². The van der Waals surface area contributed by atoms with Gasteiger partial charge in [0.25, 0.3) is 11.1 Å². The maximum Gasteiger partial charge on any atom is 0.336 e. The maximum absolute atomic E-state index is 12.2. The predicted octanol–water partition coefficient (Wildman–Crippen LogP) is 1.95. The second kappa shape index (κ2) is 8.30. The molecule has 1 unspecified atom stereocenters. The summed E-state index contributed by atoms with van der Waals surface area (Å²) in [5, 5.41) is 15.1. The molecule has 1 fully saturated rings. The number of benzene rings is 1. The van der Waals surface area contributed by atoms with Crippen molar-refractivity contribution < 1.29 is 24.2 Å². The third kappa shape index (κ3) is 5.04. The normalized spacial score (nSPS) is 19.4. The van der Waals surface area contributed by atoms with Gasteiger partial charge in [0, 0.05) is 17.5 Å². The maximum atomic E-state index is 12.2. The molecule has 0 saturated carbocycles.